The predicted octanol–water partition coefficient (Wildman–Crippen LogP) is 8.49. The minimum absolute atomic E-state index is 0.102. The van der Waals surface area contributed by atoms with E-state index < -0.39 is 0 Å². The predicted molar refractivity (Wildman–Crippen MR) is 133 cm³/mol. The second kappa shape index (κ2) is 8.77. The standard InChI is InChI=1S/C30H50O2/c1-20(2)9-8-10-21(3)25-14-17-30(7)27-12-11-23-19-24(32-22(4)31)13-16-28(23,5)26(27)15-18-29(25,30)6/h20-21,23-25H,8-19H2,1-7H3/t21-,23+,24+,25-,28+,29-,30+/m1/s1. The summed E-state index contributed by atoms with van der Waals surface area (Å²) >= 11 is 0. The molecule has 0 bridgehead atoms. The van der Waals surface area contributed by atoms with Crippen LogP contribution in [0.4, 0.5) is 0 Å². The van der Waals surface area contributed by atoms with Crippen molar-refractivity contribution in [3.63, 3.8) is 0 Å². The van der Waals surface area contributed by atoms with Crippen molar-refractivity contribution >= 4 is 5.97 Å². The van der Waals surface area contributed by atoms with Crippen molar-refractivity contribution in [2.24, 2.45) is 39.9 Å². The first kappa shape index (κ1) is 24.3. The zero-order valence-electron chi connectivity index (χ0n) is 22.2. The van der Waals surface area contributed by atoms with Gasteiger partial charge in [0.2, 0.25) is 0 Å². The fourth-order valence-electron chi connectivity index (χ4n) is 9.16. The molecule has 0 aromatic rings. The lowest BCUT2D eigenvalue weighted by Crippen LogP contribution is -2.49. The monoisotopic (exact) mass is 442 g/mol. The third kappa shape index (κ3) is 3.90. The molecule has 2 fully saturated rings. The number of rotatable bonds is 6. The van der Waals surface area contributed by atoms with Crippen molar-refractivity contribution in [2.45, 2.75) is 132 Å². The molecule has 0 radical (unpaired) electrons. The summed E-state index contributed by atoms with van der Waals surface area (Å²) in [4.78, 5) is 11.5. The van der Waals surface area contributed by atoms with Gasteiger partial charge in [0.1, 0.15) is 6.10 Å². The lowest BCUT2D eigenvalue weighted by atomic mass is 9.46. The molecule has 0 unspecified atom stereocenters. The van der Waals surface area contributed by atoms with Gasteiger partial charge >= 0.3 is 5.97 Å². The summed E-state index contributed by atoms with van der Waals surface area (Å²) in [7, 11) is 0. The van der Waals surface area contributed by atoms with Crippen LogP contribution in [0, 0.1) is 39.9 Å². The Balaban J connectivity index is 1.55. The molecule has 0 saturated heterocycles. The van der Waals surface area contributed by atoms with Crippen molar-refractivity contribution in [1.29, 1.82) is 0 Å². The molecule has 4 aliphatic carbocycles. The van der Waals surface area contributed by atoms with Gasteiger partial charge in [-0.25, -0.2) is 0 Å². The van der Waals surface area contributed by atoms with Crippen LogP contribution in [-0.2, 0) is 9.53 Å². The first-order valence-corrected chi connectivity index (χ1v) is 13.9. The molecule has 7 atom stereocenters. The molecule has 0 aliphatic heterocycles. The van der Waals surface area contributed by atoms with E-state index in [1.54, 1.807) is 6.92 Å². The minimum Gasteiger partial charge on any atom is -0.463 e. The maximum Gasteiger partial charge on any atom is 0.302 e. The lowest BCUT2D eigenvalue weighted by molar-refractivity contribution is -0.150. The van der Waals surface area contributed by atoms with E-state index in [0.29, 0.717) is 22.2 Å². The van der Waals surface area contributed by atoms with E-state index >= 15 is 0 Å². The van der Waals surface area contributed by atoms with Crippen LogP contribution in [0.2, 0.25) is 0 Å². The van der Waals surface area contributed by atoms with E-state index in [1.165, 1.54) is 64.2 Å². The number of hydrogen-bond donors (Lipinski definition) is 0. The SMILES string of the molecule is CC(=O)O[C@H]1CC[C@]2(C)C3=C(CC[C@H]2C1)[C@]1(C)CC[C@H]([C@H](C)CCCC(C)C)[C@@]1(C)CC3. The number of carbonyl (C=O) groups is 1. The van der Waals surface area contributed by atoms with Gasteiger partial charge in [-0.1, -0.05) is 72.0 Å². The fraction of sp³-hybridized carbons (Fsp3) is 0.900. The Morgan fingerprint density at radius 1 is 0.969 bits per heavy atom. The second-order valence-corrected chi connectivity index (χ2v) is 13.3. The molecule has 182 valence electrons. The van der Waals surface area contributed by atoms with Crippen LogP contribution in [0.1, 0.15) is 126 Å². The van der Waals surface area contributed by atoms with Gasteiger partial charge in [0, 0.05) is 6.92 Å². The van der Waals surface area contributed by atoms with Crippen molar-refractivity contribution in [3.05, 3.63) is 11.1 Å². The summed E-state index contributed by atoms with van der Waals surface area (Å²) < 4.78 is 5.66. The van der Waals surface area contributed by atoms with Gasteiger partial charge in [0.05, 0.1) is 0 Å². The number of esters is 1. The number of ether oxygens (including phenoxy) is 1. The molecular formula is C30H50O2. The van der Waals surface area contributed by atoms with Gasteiger partial charge in [-0.15, -0.1) is 0 Å². The maximum atomic E-state index is 11.5. The summed E-state index contributed by atoms with van der Waals surface area (Å²) in [6.45, 7) is 16.8. The van der Waals surface area contributed by atoms with E-state index in [2.05, 4.69) is 41.5 Å². The number of allylic oxidation sites excluding steroid dienone is 2. The van der Waals surface area contributed by atoms with Gasteiger partial charge in [0.15, 0.2) is 0 Å². The zero-order valence-corrected chi connectivity index (χ0v) is 22.2. The molecular weight excluding hydrogens is 392 g/mol. The third-order valence-corrected chi connectivity index (χ3v) is 11.3. The molecule has 32 heavy (non-hydrogen) atoms. The quantitative estimate of drug-likeness (QED) is 0.304. The van der Waals surface area contributed by atoms with Gasteiger partial charge in [-0.2, -0.15) is 0 Å². The largest absolute Gasteiger partial charge is 0.463 e. The molecule has 0 amide bonds. The van der Waals surface area contributed by atoms with E-state index in [9.17, 15) is 4.79 Å². The highest BCUT2D eigenvalue weighted by atomic mass is 16.5. The van der Waals surface area contributed by atoms with Crippen molar-refractivity contribution in [2.75, 3.05) is 0 Å². The van der Waals surface area contributed by atoms with Crippen molar-refractivity contribution in [1.82, 2.24) is 0 Å². The van der Waals surface area contributed by atoms with Crippen LogP contribution in [0.5, 0.6) is 0 Å². The third-order valence-electron chi connectivity index (χ3n) is 11.3. The van der Waals surface area contributed by atoms with Crippen LogP contribution < -0.4 is 0 Å². The molecule has 0 aromatic carbocycles. The summed E-state index contributed by atoms with van der Waals surface area (Å²) in [6.07, 6.45) is 15.8. The van der Waals surface area contributed by atoms with E-state index in [1.807, 2.05) is 11.1 Å². The molecule has 0 N–H and O–H groups in total. The first-order chi connectivity index (χ1) is 15.0. The molecule has 4 rings (SSSR count). The maximum absolute atomic E-state index is 11.5. The van der Waals surface area contributed by atoms with Crippen LogP contribution in [0.25, 0.3) is 0 Å². The molecule has 0 aromatic heterocycles. The molecule has 4 aliphatic rings. The number of fused-ring (bicyclic) bond motifs is 4. The summed E-state index contributed by atoms with van der Waals surface area (Å²) in [5.74, 6) is 3.17. The fourth-order valence-corrected chi connectivity index (χ4v) is 9.16. The number of carbonyl (C=O) groups excluding carboxylic acids is 1. The summed E-state index contributed by atoms with van der Waals surface area (Å²) in [5, 5.41) is 0. The van der Waals surface area contributed by atoms with Gasteiger partial charge in [-0.05, 0) is 97.7 Å². The average Bonchev–Trinajstić information content (AvgIpc) is 2.99. The highest BCUT2D eigenvalue weighted by molar-refractivity contribution is 5.66. The topological polar surface area (TPSA) is 26.3 Å². The Labute approximate surface area is 198 Å². The molecule has 2 saturated carbocycles. The van der Waals surface area contributed by atoms with Gasteiger partial charge in [-0.3, -0.25) is 4.79 Å². The van der Waals surface area contributed by atoms with Gasteiger partial charge < -0.3 is 4.74 Å². The highest BCUT2D eigenvalue weighted by Gasteiger charge is 2.61. The molecule has 0 spiro atoms. The smallest absolute Gasteiger partial charge is 0.302 e. The van der Waals surface area contributed by atoms with Crippen LogP contribution in [0.3, 0.4) is 0 Å². The van der Waals surface area contributed by atoms with E-state index in [-0.39, 0.29) is 12.1 Å². The minimum atomic E-state index is -0.102. The Kier molecular flexibility index (Phi) is 6.67. The van der Waals surface area contributed by atoms with Crippen LogP contribution in [-0.4, -0.2) is 12.1 Å². The lowest BCUT2D eigenvalue weighted by Gasteiger charge is -2.59. The Hall–Kier alpha value is -0.790. The molecule has 2 nitrogen and oxygen atoms in total. The highest BCUT2D eigenvalue weighted by Crippen LogP contribution is 2.71. The Morgan fingerprint density at radius 2 is 1.72 bits per heavy atom. The number of hydrogen-bond acceptors (Lipinski definition) is 2. The van der Waals surface area contributed by atoms with E-state index in [4.69, 9.17) is 4.74 Å². The molecule has 0 heterocycles. The Bertz CT molecular complexity index is 750. The van der Waals surface area contributed by atoms with Crippen molar-refractivity contribution in [3.8, 4) is 0 Å². The van der Waals surface area contributed by atoms with E-state index in [0.717, 1.165) is 30.6 Å². The molecule has 2 heteroatoms. The second-order valence-electron chi connectivity index (χ2n) is 13.3. The average molecular weight is 443 g/mol. The summed E-state index contributed by atoms with van der Waals surface area (Å²) in [6, 6.07) is 0. The first-order valence-electron chi connectivity index (χ1n) is 13.9. The van der Waals surface area contributed by atoms with Crippen LogP contribution >= 0.6 is 0 Å². The zero-order chi connectivity index (χ0) is 23.3. The van der Waals surface area contributed by atoms with Crippen LogP contribution in [0.15, 0.2) is 11.1 Å². The Morgan fingerprint density at radius 3 is 2.41 bits per heavy atom. The summed E-state index contributed by atoms with van der Waals surface area (Å²) in [5.41, 5.74) is 4.95. The van der Waals surface area contributed by atoms with Gasteiger partial charge in [0.25, 0.3) is 0 Å². The van der Waals surface area contributed by atoms with Crippen molar-refractivity contribution < 1.29 is 9.53 Å². The normalized spacial score (nSPS) is 42.3.